The molecule has 0 atom stereocenters. The average molecular weight is 433 g/mol. The van der Waals surface area contributed by atoms with Crippen LogP contribution in [-0.2, 0) is 14.8 Å². The van der Waals surface area contributed by atoms with Gasteiger partial charge in [-0.2, -0.15) is 0 Å². The highest BCUT2D eigenvalue weighted by molar-refractivity contribution is 9.10. The van der Waals surface area contributed by atoms with E-state index >= 15 is 0 Å². The summed E-state index contributed by atoms with van der Waals surface area (Å²) < 4.78 is 27.5. The molecule has 0 bridgehead atoms. The van der Waals surface area contributed by atoms with Gasteiger partial charge in [0, 0.05) is 30.4 Å². The van der Waals surface area contributed by atoms with Gasteiger partial charge in [-0.05, 0) is 43.5 Å². The van der Waals surface area contributed by atoms with E-state index in [0.29, 0.717) is 6.54 Å². The number of carbonyl (C=O) groups excluding carboxylic acids is 1. The van der Waals surface area contributed by atoms with Crippen molar-refractivity contribution in [3.05, 3.63) is 28.7 Å². The van der Waals surface area contributed by atoms with E-state index in [4.69, 9.17) is 0 Å². The molecule has 1 aromatic carbocycles. The monoisotopic (exact) mass is 432 g/mol. The Morgan fingerprint density at radius 2 is 1.76 bits per heavy atom. The molecule has 6 nitrogen and oxygen atoms in total. The maximum absolute atomic E-state index is 12.1. The second-order valence-corrected chi connectivity index (χ2v) is 9.05. The van der Waals surface area contributed by atoms with Gasteiger partial charge in [0.15, 0.2) is 0 Å². The summed E-state index contributed by atoms with van der Waals surface area (Å²) in [5.41, 5.74) is 0. The van der Waals surface area contributed by atoms with Gasteiger partial charge in [0.2, 0.25) is 15.9 Å². The highest BCUT2D eigenvalue weighted by Gasteiger charge is 2.14. The fraction of sp³-hybridized carbons (Fsp3) is 0.588. The summed E-state index contributed by atoms with van der Waals surface area (Å²) in [6.45, 7) is 4.33. The molecule has 0 aromatic heterocycles. The third kappa shape index (κ3) is 7.43. The molecule has 25 heavy (non-hydrogen) atoms. The first-order valence-electron chi connectivity index (χ1n) is 8.83. The summed E-state index contributed by atoms with van der Waals surface area (Å²) in [5.74, 6) is -0.118. The Morgan fingerprint density at radius 1 is 1.08 bits per heavy atom. The SMILES string of the molecule is O=C(CCNS(=O)(=O)c1ccc(Br)cc1)NCCC[NH+]1CCCCC1. The largest absolute Gasteiger partial charge is 0.356 e. The molecular formula is C17H27BrN3O3S+. The Labute approximate surface area is 158 Å². The molecule has 0 saturated carbocycles. The molecule has 1 fully saturated rings. The number of rotatable bonds is 9. The van der Waals surface area contributed by atoms with Crippen LogP contribution >= 0.6 is 15.9 Å². The van der Waals surface area contributed by atoms with Gasteiger partial charge in [-0.15, -0.1) is 0 Å². The molecule has 0 spiro atoms. The Balaban J connectivity index is 1.60. The van der Waals surface area contributed by atoms with Gasteiger partial charge in [-0.25, -0.2) is 13.1 Å². The molecule has 1 amide bonds. The van der Waals surface area contributed by atoms with Crippen molar-refractivity contribution in [3.63, 3.8) is 0 Å². The number of halogens is 1. The Kier molecular flexibility index (Phi) is 8.35. The zero-order valence-electron chi connectivity index (χ0n) is 14.4. The maximum atomic E-state index is 12.1. The molecule has 2 rings (SSSR count). The van der Waals surface area contributed by atoms with Crippen LogP contribution in [0.15, 0.2) is 33.6 Å². The lowest BCUT2D eigenvalue weighted by atomic mass is 10.1. The van der Waals surface area contributed by atoms with Gasteiger partial charge >= 0.3 is 0 Å². The van der Waals surface area contributed by atoms with Gasteiger partial charge in [-0.1, -0.05) is 15.9 Å². The minimum Gasteiger partial charge on any atom is -0.356 e. The van der Waals surface area contributed by atoms with Crippen LogP contribution in [-0.4, -0.2) is 47.0 Å². The third-order valence-corrected chi connectivity index (χ3v) is 6.36. The highest BCUT2D eigenvalue weighted by Crippen LogP contribution is 2.14. The topological polar surface area (TPSA) is 79.7 Å². The normalized spacial score (nSPS) is 15.9. The van der Waals surface area contributed by atoms with E-state index in [9.17, 15) is 13.2 Å². The number of likely N-dealkylation sites (tertiary alicyclic amines) is 1. The van der Waals surface area contributed by atoms with Gasteiger partial charge in [0.05, 0.1) is 24.5 Å². The number of quaternary nitrogens is 1. The van der Waals surface area contributed by atoms with E-state index in [-0.39, 0.29) is 23.8 Å². The van der Waals surface area contributed by atoms with Crippen molar-refractivity contribution in [2.75, 3.05) is 32.7 Å². The first-order valence-corrected chi connectivity index (χ1v) is 11.1. The zero-order chi connectivity index (χ0) is 18.1. The maximum Gasteiger partial charge on any atom is 0.240 e. The molecule has 1 heterocycles. The molecule has 1 aliphatic heterocycles. The molecule has 3 N–H and O–H groups in total. The van der Waals surface area contributed by atoms with Gasteiger partial charge in [0.1, 0.15) is 0 Å². The second-order valence-electron chi connectivity index (χ2n) is 6.37. The average Bonchev–Trinajstić information content (AvgIpc) is 2.60. The van der Waals surface area contributed by atoms with E-state index in [1.807, 2.05) is 0 Å². The molecule has 1 aliphatic rings. The van der Waals surface area contributed by atoms with Crippen LogP contribution in [0.4, 0.5) is 0 Å². The zero-order valence-corrected chi connectivity index (χ0v) is 16.8. The smallest absolute Gasteiger partial charge is 0.240 e. The minimum absolute atomic E-state index is 0.0988. The first kappa shape index (κ1) is 20.4. The minimum atomic E-state index is -3.57. The Hall–Kier alpha value is -0.960. The number of carbonyl (C=O) groups is 1. The third-order valence-electron chi connectivity index (χ3n) is 4.36. The van der Waals surface area contributed by atoms with Crippen molar-refractivity contribution in [3.8, 4) is 0 Å². The molecule has 1 saturated heterocycles. The van der Waals surface area contributed by atoms with Crippen LogP contribution in [0.5, 0.6) is 0 Å². The summed E-state index contributed by atoms with van der Waals surface area (Å²) >= 11 is 3.27. The molecular weight excluding hydrogens is 406 g/mol. The van der Waals surface area contributed by atoms with Crippen molar-refractivity contribution in [2.24, 2.45) is 0 Å². The van der Waals surface area contributed by atoms with Gasteiger partial charge in [-0.3, -0.25) is 4.79 Å². The van der Waals surface area contributed by atoms with Crippen molar-refractivity contribution >= 4 is 31.9 Å². The second kappa shape index (κ2) is 10.3. The van der Waals surface area contributed by atoms with Crippen molar-refractivity contribution in [1.29, 1.82) is 0 Å². The fourth-order valence-electron chi connectivity index (χ4n) is 2.95. The van der Waals surface area contributed by atoms with E-state index in [1.54, 1.807) is 17.0 Å². The fourth-order valence-corrected chi connectivity index (χ4v) is 4.25. The van der Waals surface area contributed by atoms with Crippen LogP contribution in [0.25, 0.3) is 0 Å². The lowest BCUT2D eigenvalue weighted by Gasteiger charge is -2.23. The van der Waals surface area contributed by atoms with Gasteiger partial charge < -0.3 is 10.2 Å². The van der Waals surface area contributed by atoms with E-state index < -0.39 is 10.0 Å². The number of benzene rings is 1. The summed E-state index contributed by atoms with van der Waals surface area (Å²) in [5, 5.41) is 2.86. The molecule has 8 heteroatoms. The molecule has 1 aromatic rings. The van der Waals surface area contributed by atoms with Gasteiger partial charge in [0.25, 0.3) is 0 Å². The predicted molar refractivity (Wildman–Crippen MR) is 101 cm³/mol. The number of amides is 1. The molecule has 0 unspecified atom stereocenters. The predicted octanol–water partition coefficient (Wildman–Crippen LogP) is 0.693. The number of hydrogen-bond acceptors (Lipinski definition) is 3. The van der Waals surface area contributed by atoms with E-state index in [0.717, 1.165) is 17.4 Å². The quantitative estimate of drug-likeness (QED) is 0.502. The number of hydrogen-bond donors (Lipinski definition) is 3. The van der Waals surface area contributed by atoms with Crippen LogP contribution in [0, 0.1) is 0 Å². The molecule has 140 valence electrons. The summed E-state index contributed by atoms with van der Waals surface area (Å²) in [4.78, 5) is 13.6. The lowest BCUT2D eigenvalue weighted by Crippen LogP contribution is -3.12. The van der Waals surface area contributed by atoms with E-state index in [1.165, 1.54) is 44.5 Å². The van der Waals surface area contributed by atoms with Crippen molar-refractivity contribution in [1.82, 2.24) is 10.0 Å². The van der Waals surface area contributed by atoms with Crippen LogP contribution in [0.2, 0.25) is 0 Å². The summed E-state index contributed by atoms with van der Waals surface area (Å²) in [6.07, 6.45) is 5.06. The van der Waals surface area contributed by atoms with Crippen LogP contribution in [0.1, 0.15) is 32.1 Å². The Bertz CT molecular complexity index is 644. The number of sulfonamides is 1. The molecule has 0 radical (unpaired) electrons. The number of piperidine rings is 1. The lowest BCUT2D eigenvalue weighted by molar-refractivity contribution is -0.904. The van der Waals surface area contributed by atoms with Crippen molar-refractivity contribution < 1.29 is 18.1 Å². The number of nitrogens with one attached hydrogen (secondary N) is 3. The van der Waals surface area contributed by atoms with Crippen LogP contribution < -0.4 is 14.9 Å². The van der Waals surface area contributed by atoms with Crippen molar-refractivity contribution in [2.45, 2.75) is 37.0 Å². The molecule has 0 aliphatic carbocycles. The summed E-state index contributed by atoms with van der Waals surface area (Å²) in [7, 11) is -3.57. The standard InChI is InChI=1S/C17H26BrN3O3S/c18-15-5-7-16(8-6-15)25(23,24)20-11-9-17(22)19-10-4-14-21-12-2-1-3-13-21/h5-8,20H,1-4,9-14H2,(H,19,22)/p+1. The Morgan fingerprint density at radius 3 is 2.44 bits per heavy atom. The van der Waals surface area contributed by atoms with Crippen LogP contribution in [0.3, 0.4) is 0 Å². The highest BCUT2D eigenvalue weighted by atomic mass is 79.9. The van der Waals surface area contributed by atoms with E-state index in [2.05, 4.69) is 26.0 Å². The first-order chi connectivity index (χ1) is 12.0. The summed E-state index contributed by atoms with van der Waals surface area (Å²) in [6, 6.07) is 6.39.